The van der Waals surface area contributed by atoms with Gasteiger partial charge in [-0.05, 0) is 44.9 Å². The van der Waals surface area contributed by atoms with Crippen molar-refractivity contribution in [1.29, 1.82) is 0 Å². The predicted molar refractivity (Wildman–Crippen MR) is 123 cm³/mol. The van der Waals surface area contributed by atoms with E-state index in [2.05, 4.69) is 15.2 Å². The largest absolute Gasteiger partial charge is 0.469 e. The van der Waals surface area contributed by atoms with Crippen molar-refractivity contribution >= 4 is 23.3 Å². The first kappa shape index (κ1) is 21.8. The molecule has 4 aromatic rings. The molecular weight excluding hydrogens is 424 g/mol. The third kappa shape index (κ3) is 4.18. The van der Waals surface area contributed by atoms with Crippen molar-refractivity contribution in [3.8, 4) is 11.4 Å². The topological polar surface area (TPSA) is 93.8 Å². The number of carbonyl (C=O) groups is 2. The van der Waals surface area contributed by atoms with E-state index in [1.807, 2.05) is 54.8 Å². The maximum Gasteiger partial charge on any atom is 0.192 e. The van der Waals surface area contributed by atoms with Gasteiger partial charge in [-0.1, -0.05) is 42.1 Å². The third-order valence-electron chi connectivity index (χ3n) is 5.40. The highest BCUT2D eigenvalue weighted by atomic mass is 32.2. The zero-order valence-electron chi connectivity index (χ0n) is 18.4. The van der Waals surface area contributed by atoms with E-state index in [0.717, 1.165) is 16.9 Å². The number of benzene rings is 1. The summed E-state index contributed by atoms with van der Waals surface area (Å²) in [5.74, 6) is 1.49. The maximum atomic E-state index is 13.0. The summed E-state index contributed by atoms with van der Waals surface area (Å²) in [5.41, 5.74) is 4.44. The Morgan fingerprint density at radius 1 is 1.09 bits per heavy atom. The number of nitrogens with zero attached hydrogens (tertiary/aromatic N) is 3. The van der Waals surface area contributed by atoms with Crippen LogP contribution in [0.2, 0.25) is 0 Å². The molecule has 8 heteroatoms. The van der Waals surface area contributed by atoms with E-state index in [-0.39, 0.29) is 17.3 Å². The van der Waals surface area contributed by atoms with Crippen LogP contribution in [0.25, 0.3) is 11.4 Å². The van der Waals surface area contributed by atoms with Crippen LogP contribution >= 0.6 is 11.8 Å². The molecule has 4 rings (SSSR count). The van der Waals surface area contributed by atoms with E-state index in [1.165, 1.54) is 18.7 Å². The summed E-state index contributed by atoms with van der Waals surface area (Å²) in [6.07, 6.45) is 1.63. The average Bonchev–Trinajstić information content (AvgIpc) is 3.44. The maximum absolute atomic E-state index is 13.0. The molecule has 164 valence electrons. The minimum absolute atomic E-state index is 0.0503. The number of ketones is 2. The fourth-order valence-corrected chi connectivity index (χ4v) is 4.69. The van der Waals surface area contributed by atoms with Gasteiger partial charge in [-0.15, -0.1) is 10.2 Å². The number of hydrogen-bond donors (Lipinski definition) is 1. The Hall–Kier alpha value is -3.39. The van der Waals surface area contributed by atoms with Crippen molar-refractivity contribution in [3.05, 3.63) is 76.5 Å². The molecule has 3 aromatic heterocycles. The van der Waals surface area contributed by atoms with E-state index < -0.39 is 0 Å². The Morgan fingerprint density at radius 3 is 2.47 bits per heavy atom. The standard InChI is InChI=1S/C24H24N4O3S/c1-14-21(16(3)29)15(2)25-22(14)20(30)13-32-24-27-26-23(19-10-11-31-17(19)4)28(24)12-18-8-6-5-7-9-18/h5-11,25H,12-13H2,1-4H3. The molecule has 0 saturated heterocycles. The molecule has 3 heterocycles. The van der Waals surface area contributed by atoms with Gasteiger partial charge < -0.3 is 9.40 Å². The van der Waals surface area contributed by atoms with E-state index in [4.69, 9.17) is 4.42 Å². The second kappa shape index (κ2) is 9.00. The van der Waals surface area contributed by atoms with Gasteiger partial charge in [-0.3, -0.25) is 14.2 Å². The molecule has 0 unspecified atom stereocenters. The molecule has 0 fully saturated rings. The third-order valence-corrected chi connectivity index (χ3v) is 6.37. The predicted octanol–water partition coefficient (Wildman–Crippen LogP) is 5.02. The van der Waals surface area contributed by atoms with Crippen molar-refractivity contribution < 1.29 is 14.0 Å². The molecule has 0 aliphatic carbocycles. The van der Waals surface area contributed by atoms with Crippen LogP contribution in [-0.4, -0.2) is 37.1 Å². The van der Waals surface area contributed by atoms with Crippen LogP contribution in [0, 0.1) is 20.8 Å². The van der Waals surface area contributed by atoms with Crippen molar-refractivity contribution in [1.82, 2.24) is 19.7 Å². The van der Waals surface area contributed by atoms with E-state index in [9.17, 15) is 9.59 Å². The summed E-state index contributed by atoms with van der Waals surface area (Å²) in [6, 6.07) is 11.9. The minimum atomic E-state index is -0.0848. The van der Waals surface area contributed by atoms with Crippen LogP contribution in [0.4, 0.5) is 0 Å². The molecule has 32 heavy (non-hydrogen) atoms. The van der Waals surface area contributed by atoms with Crippen LogP contribution in [0.15, 0.2) is 52.2 Å². The van der Waals surface area contributed by atoms with Gasteiger partial charge >= 0.3 is 0 Å². The van der Waals surface area contributed by atoms with Crippen LogP contribution < -0.4 is 0 Å². The number of H-pyrrole nitrogens is 1. The summed E-state index contributed by atoms with van der Waals surface area (Å²) >= 11 is 1.33. The normalized spacial score (nSPS) is 11.1. The minimum Gasteiger partial charge on any atom is -0.469 e. The molecular formula is C24H24N4O3S. The number of aryl methyl sites for hydroxylation is 2. The quantitative estimate of drug-likeness (QED) is 0.301. The van der Waals surface area contributed by atoms with Crippen molar-refractivity contribution in [2.24, 2.45) is 0 Å². The number of Topliss-reactive ketones (excluding diaryl/α,β-unsaturated/α-hetero) is 2. The molecule has 1 aromatic carbocycles. The fourth-order valence-electron chi connectivity index (χ4n) is 3.88. The zero-order chi connectivity index (χ0) is 22.8. The van der Waals surface area contributed by atoms with Gasteiger partial charge in [0.1, 0.15) is 5.76 Å². The van der Waals surface area contributed by atoms with Gasteiger partial charge in [0, 0.05) is 11.3 Å². The molecule has 0 bridgehead atoms. The van der Waals surface area contributed by atoms with E-state index in [0.29, 0.717) is 40.0 Å². The van der Waals surface area contributed by atoms with E-state index >= 15 is 0 Å². The highest BCUT2D eigenvalue weighted by Gasteiger charge is 2.22. The molecule has 0 saturated carbocycles. The van der Waals surface area contributed by atoms with Gasteiger partial charge in [0.2, 0.25) is 0 Å². The first-order valence-electron chi connectivity index (χ1n) is 10.2. The number of carbonyl (C=O) groups excluding carboxylic acids is 2. The monoisotopic (exact) mass is 448 g/mol. The first-order chi connectivity index (χ1) is 15.4. The number of aromatic nitrogens is 4. The molecule has 1 N–H and O–H groups in total. The van der Waals surface area contributed by atoms with Crippen molar-refractivity contribution in [3.63, 3.8) is 0 Å². The van der Waals surface area contributed by atoms with E-state index in [1.54, 1.807) is 13.2 Å². The Kier molecular flexibility index (Phi) is 6.14. The van der Waals surface area contributed by atoms with Crippen molar-refractivity contribution in [2.45, 2.75) is 39.4 Å². The smallest absolute Gasteiger partial charge is 0.192 e. The van der Waals surface area contributed by atoms with Gasteiger partial charge in [-0.25, -0.2) is 0 Å². The lowest BCUT2D eigenvalue weighted by atomic mass is 10.1. The zero-order valence-corrected chi connectivity index (χ0v) is 19.2. The molecule has 0 aliphatic rings. The molecule has 0 amide bonds. The molecule has 0 spiro atoms. The highest BCUT2D eigenvalue weighted by molar-refractivity contribution is 7.99. The van der Waals surface area contributed by atoms with Gasteiger partial charge in [-0.2, -0.15) is 0 Å². The lowest BCUT2D eigenvalue weighted by molar-refractivity contribution is 0.101. The summed E-state index contributed by atoms with van der Waals surface area (Å²) in [7, 11) is 0. The second-order valence-corrected chi connectivity index (χ2v) is 8.60. The molecule has 7 nitrogen and oxygen atoms in total. The average molecular weight is 449 g/mol. The van der Waals surface area contributed by atoms with Crippen LogP contribution in [-0.2, 0) is 6.54 Å². The lowest BCUT2D eigenvalue weighted by Gasteiger charge is -2.10. The van der Waals surface area contributed by atoms with Crippen LogP contribution in [0.1, 0.15) is 50.4 Å². The van der Waals surface area contributed by atoms with Gasteiger partial charge in [0.15, 0.2) is 22.5 Å². The van der Waals surface area contributed by atoms with Gasteiger partial charge in [0.25, 0.3) is 0 Å². The van der Waals surface area contributed by atoms with Crippen molar-refractivity contribution in [2.75, 3.05) is 5.75 Å². The lowest BCUT2D eigenvalue weighted by Crippen LogP contribution is -2.08. The number of nitrogens with one attached hydrogen (secondary N) is 1. The number of thioether (sulfide) groups is 1. The summed E-state index contributed by atoms with van der Waals surface area (Å²) in [5, 5.41) is 9.40. The highest BCUT2D eigenvalue weighted by Crippen LogP contribution is 2.29. The van der Waals surface area contributed by atoms with Crippen LogP contribution in [0.5, 0.6) is 0 Å². The SMILES string of the molecule is CC(=O)c1c(C)[nH]c(C(=O)CSc2nnc(-c3ccoc3C)n2Cc2ccccc2)c1C. The fraction of sp³-hybridized carbons (Fsp3) is 0.250. The number of aromatic amines is 1. The molecule has 0 atom stereocenters. The molecule has 0 radical (unpaired) electrons. The van der Waals surface area contributed by atoms with Gasteiger partial charge in [0.05, 0.1) is 29.8 Å². The number of hydrogen-bond acceptors (Lipinski definition) is 6. The summed E-state index contributed by atoms with van der Waals surface area (Å²) in [6.45, 7) is 7.58. The number of rotatable bonds is 8. The summed E-state index contributed by atoms with van der Waals surface area (Å²) in [4.78, 5) is 27.9. The van der Waals surface area contributed by atoms with Crippen LogP contribution in [0.3, 0.4) is 0 Å². The Morgan fingerprint density at radius 2 is 1.84 bits per heavy atom. The molecule has 0 aliphatic heterocycles. The number of furan rings is 1. The Bertz CT molecular complexity index is 1280. The summed E-state index contributed by atoms with van der Waals surface area (Å²) < 4.78 is 7.46. The second-order valence-electron chi connectivity index (χ2n) is 7.66. The first-order valence-corrected chi connectivity index (χ1v) is 11.2. The Balaban J connectivity index is 1.62. The Labute approximate surface area is 190 Å².